The molecule has 2 N–H and O–H groups in total. The van der Waals surface area contributed by atoms with E-state index in [1.54, 1.807) is 0 Å². The third-order valence-electron chi connectivity index (χ3n) is 0. The van der Waals surface area contributed by atoms with Gasteiger partial charge in [0.15, 0.2) is 0 Å². The van der Waals surface area contributed by atoms with E-state index in [0.29, 0.717) is 0 Å². The number of hydrogen-bond donors (Lipinski definition) is 0. The van der Waals surface area contributed by atoms with Crippen LogP contribution in [0.15, 0.2) is 0 Å². The van der Waals surface area contributed by atoms with Crippen LogP contribution >= 0.6 is 0 Å². The Bertz CT molecular complexity index is 11.7. The minimum Gasteiger partial charge on any atom is -0.412 e. The lowest BCUT2D eigenvalue weighted by Crippen LogP contribution is -1.34. The van der Waals surface area contributed by atoms with Gasteiger partial charge in [-0.05, 0) is 0 Å². The molecule has 0 saturated heterocycles. The molecule has 0 spiro atoms. The maximum atomic E-state index is 9.62. The number of alkyl halides is 4. The first-order valence-electron chi connectivity index (χ1n) is 1.07. The van der Waals surface area contributed by atoms with Gasteiger partial charge in [-0.3, -0.25) is 0 Å². The number of halogens is 4. The topological polar surface area (TPSA) is 31.5 Å². The highest BCUT2D eigenvalue weighted by Gasteiger charge is 1.44. The lowest BCUT2D eigenvalue weighted by molar-refractivity contribution is 0.295. The van der Waals surface area contributed by atoms with Gasteiger partial charge in [0.1, 0.15) is 0 Å². The summed E-state index contributed by atoms with van der Waals surface area (Å²) in [5.74, 6) is 0. The highest BCUT2D eigenvalue weighted by Crippen LogP contribution is 1.56. The van der Waals surface area contributed by atoms with E-state index >= 15 is 0 Å². The molecule has 48 valence electrons. The summed E-state index contributed by atoms with van der Waals surface area (Å²) in [6.07, 6.45) is 0. The van der Waals surface area contributed by atoms with Crippen LogP contribution in [0.5, 0.6) is 0 Å². The molecule has 0 amide bonds. The molecule has 0 aliphatic carbocycles. The van der Waals surface area contributed by atoms with Gasteiger partial charge < -0.3 is 5.48 Å². The van der Waals surface area contributed by atoms with Gasteiger partial charge >= 0.3 is 0 Å². The van der Waals surface area contributed by atoms with Gasteiger partial charge in [-0.25, -0.2) is 17.6 Å². The first kappa shape index (κ1) is 15.9. The van der Waals surface area contributed by atoms with Crippen LogP contribution in [-0.4, -0.2) is 19.3 Å². The second-order valence-corrected chi connectivity index (χ2v) is 0.202. The van der Waals surface area contributed by atoms with Crippen molar-refractivity contribution in [2.75, 3.05) is 13.9 Å². The Balaban J connectivity index is -0.0000000400. The maximum absolute atomic E-state index is 9.62. The third-order valence-corrected chi connectivity index (χ3v) is 0. The van der Waals surface area contributed by atoms with Crippen LogP contribution in [0, 0.1) is 0 Å². The van der Waals surface area contributed by atoms with Crippen molar-refractivity contribution in [1.82, 2.24) is 0 Å². The Hall–Kier alpha value is -0.320. The van der Waals surface area contributed by atoms with E-state index in [9.17, 15) is 17.6 Å². The molecule has 0 aromatic heterocycles. The van der Waals surface area contributed by atoms with Crippen molar-refractivity contribution in [3.8, 4) is 0 Å². The second-order valence-electron chi connectivity index (χ2n) is 0.202. The van der Waals surface area contributed by atoms with Crippen LogP contribution in [0.25, 0.3) is 0 Å². The van der Waals surface area contributed by atoms with Crippen molar-refractivity contribution in [1.29, 1.82) is 0 Å². The Labute approximate surface area is 38.3 Å². The summed E-state index contributed by atoms with van der Waals surface area (Å²) in [6, 6.07) is 0. The monoisotopic (exact) mass is 122 g/mol. The first-order chi connectivity index (χ1) is 2.83. The van der Waals surface area contributed by atoms with E-state index in [-0.39, 0.29) is 5.48 Å². The van der Waals surface area contributed by atoms with Crippen LogP contribution in [0.3, 0.4) is 0 Å². The zero-order chi connectivity index (χ0) is 5.41. The molecule has 0 saturated carbocycles. The molecule has 0 heterocycles. The Morgan fingerprint density at radius 1 is 0.714 bits per heavy atom. The Kier molecular flexibility index (Phi) is 100. The fourth-order valence-electron chi connectivity index (χ4n) is 0. The van der Waals surface area contributed by atoms with Gasteiger partial charge in [-0.15, -0.1) is 0 Å². The molecular weight excluding hydrogens is 116 g/mol. The van der Waals surface area contributed by atoms with Crippen molar-refractivity contribution >= 4 is 0 Å². The van der Waals surface area contributed by atoms with Gasteiger partial charge in [-0.2, -0.15) is 0 Å². The quantitative estimate of drug-likeness (QED) is 0.428. The molecule has 0 atom stereocenters. The Morgan fingerprint density at radius 3 is 0.714 bits per heavy atom. The van der Waals surface area contributed by atoms with Crippen molar-refractivity contribution in [3.63, 3.8) is 0 Å². The van der Waals surface area contributed by atoms with Crippen molar-refractivity contribution in [3.05, 3.63) is 0 Å². The molecule has 0 aromatic carbocycles. The summed E-state index contributed by atoms with van der Waals surface area (Å²) in [6.45, 7) is -3.50. The Morgan fingerprint density at radius 2 is 0.714 bits per heavy atom. The van der Waals surface area contributed by atoms with Crippen LogP contribution in [-0.2, 0) is 0 Å². The highest BCUT2D eigenvalue weighted by molar-refractivity contribution is 3.57. The van der Waals surface area contributed by atoms with Gasteiger partial charge in [0.05, 0.1) is 0 Å². The molecule has 0 unspecified atom stereocenters. The molecule has 0 aliphatic heterocycles. The van der Waals surface area contributed by atoms with Gasteiger partial charge in [0.25, 0.3) is 0 Å². The number of rotatable bonds is 0. The lowest BCUT2D eigenvalue weighted by atomic mass is 11.7. The van der Waals surface area contributed by atoms with E-state index < -0.39 is 13.9 Å². The summed E-state index contributed by atoms with van der Waals surface area (Å²) in [5, 5.41) is 0. The van der Waals surface area contributed by atoms with E-state index in [0.717, 1.165) is 0 Å². The zero-order valence-corrected chi connectivity index (χ0v) is 3.43. The van der Waals surface area contributed by atoms with Crippen molar-refractivity contribution in [2.24, 2.45) is 0 Å². The zero-order valence-electron chi connectivity index (χ0n) is 3.43. The first-order valence-corrected chi connectivity index (χ1v) is 1.07. The van der Waals surface area contributed by atoms with Gasteiger partial charge in [0, 0.05) is 0 Å². The van der Waals surface area contributed by atoms with E-state index in [4.69, 9.17) is 0 Å². The van der Waals surface area contributed by atoms with Crippen LogP contribution in [0.1, 0.15) is 0 Å². The predicted molar refractivity (Wildman–Crippen MR) is 17.8 cm³/mol. The molecule has 0 aliphatic rings. The molecule has 0 rings (SSSR count). The minimum atomic E-state index is -1.75. The molecule has 7 heavy (non-hydrogen) atoms. The normalized spacial score (nSPS) is 5.14. The van der Waals surface area contributed by atoms with E-state index in [1.807, 2.05) is 0 Å². The molecule has 5 heteroatoms. The number of hydrogen-bond acceptors (Lipinski definition) is 0. The fourth-order valence-corrected chi connectivity index (χ4v) is 0. The van der Waals surface area contributed by atoms with Crippen molar-refractivity contribution in [2.45, 2.75) is 0 Å². The lowest BCUT2D eigenvalue weighted by Gasteiger charge is -1.42. The maximum Gasteiger partial charge on any atom is 0.229 e. The molecule has 0 aromatic rings. The molecule has 1 nitrogen and oxygen atoms in total. The average Bonchev–Trinajstić information content (AvgIpc) is 1.39. The molecule has 0 bridgehead atoms. The van der Waals surface area contributed by atoms with Crippen LogP contribution < -0.4 is 0 Å². The SMILES string of the molecule is FCF.FCF.O. The highest BCUT2D eigenvalue weighted by atomic mass is 19.3. The van der Waals surface area contributed by atoms with E-state index in [2.05, 4.69) is 0 Å². The fraction of sp³-hybridized carbons (Fsp3) is 1.00. The van der Waals surface area contributed by atoms with Crippen LogP contribution in [0.4, 0.5) is 17.6 Å². The molecule has 0 fully saturated rings. The standard InChI is InChI=1S/2CH2F2.H2O/c2*2-1-3;/h2*1H2;1H2. The van der Waals surface area contributed by atoms with Gasteiger partial charge in [-0.1, -0.05) is 0 Å². The second kappa shape index (κ2) is 44.1. The third kappa shape index (κ3) is 751. The summed E-state index contributed by atoms with van der Waals surface area (Å²) in [4.78, 5) is 0. The predicted octanol–water partition coefficient (Wildman–Crippen LogP) is 0.941. The largest absolute Gasteiger partial charge is 0.412 e. The van der Waals surface area contributed by atoms with Gasteiger partial charge in [0.2, 0.25) is 13.9 Å². The summed E-state index contributed by atoms with van der Waals surface area (Å²) in [5.41, 5.74) is 0. The average molecular weight is 122 g/mol. The summed E-state index contributed by atoms with van der Waals surface area (Å²) >= 11 is 0. The summed E-state index contributed by atoms with van der Waals surface area (Å²) < 4.78 is 38.5. The van der Waals surface area contributed by atoms with Crippen LogP contribution in [0.2, 0.25) is 0 Å². The van der Waals surface area contributed by atoms with E-state index in [1.165, 1.54) is 0 Å². The minimum absolute atomic E-state index is 0. The van der Waals surface area contributed by atoms with Crippen molar-refractivity contribution < 1.29 is 23.0 Å². The smallest absolute Gasteiger partial charge is 0.229 e. The molecule has 0 radical (unpaired) electrons. The summed E-state index contributed by atoms with van der Waals surface area (Å²) in [7, 11) is 0. The molecular formula is C2H6F4O.